The second-order valence-corrected chi connectivity index (χ2v) is 4.42. The quantitative estimate of drug-likeness (QED) is 0.386. The van der Waals surface area contributed by atoms with Crippen LogP contribution in [0.5, 0.6) is 0 Å². The summed E-state index contributed by atoms with van der Waals surface area (Å²) in [5, 5.41) is 3.10. The van der Waals surface area contributed by atoms with Gasteiger partial charge >= 0.3 is 0 Å². The van der Waals surface area contributed by atoms with Crippen molar-refractivity contribution in [3.63, 3.8) is 0 Å². The zero-order valence-electron chi connectivity index (χ0n) is 11.1. The lowest BCUT2D eigenvalue weighted by atomic mass is 10.2. The van der Waals surface area contributed by atoms with E-state index in [1.54, 1.807) is 7.11 Å². The Morgan fingerprint density at radius 1 is 1.59 bits per heavy atom. The first-order chi connectivity index (χ1) is 8.27. The van der Waals surface area contributed by atoms with E-state index in [0.717, 1.165) is 32.7 Å². The molecule has 100 valence electrons. The molecule has 1 fully saturated rings. The predicted octanol–water partition coefficient (Wildman–Crippen LogP) is 0.412. The van der Waals surface area contributed by atoms with Crippen molar-refractivity contribution in [3.05, 3.63) is 0 Å². The minimum Gasteiger partial charge on any atom is -0.385 e. The summed E-state index contributed by atoms with van der Waals surface area (Å²) in [6.45, 7) is 6.92. The average molecular weight is 242 g/mol. The van der Waals surface area contributed by atoms with Crippen LogP contribution < -0.4 is 11.1 Å². The smallest absolute Gasteiger partial charge is 0.188 e. The Bertz CT molecular complexity index is 233. The number of likely N-dealkylation sites (N-methyl/N-ethyl adjacent to an activating group) is 1. The molecule has 1 rings (SSSR count). The molecule has 5 nitrogen and oxygen atoms in total. The zero-order chi connectivity index (χ0) is 12.5. The lowest BCUT2D eigenvalue weighted by Gasteiger charge is -2.20. The number of ether oxygens (including phenoxy) is 1. The molecule has 0 radical (unpaired) electrons. The van der Waals surface area contributed by atoms with Gasteiger partial charge in [0, 0.05) is 26.3 Å². The van der Waals surface area contributed by atoms with Crippen molar-refractivity contribution < 1.29 is 4.74 Å². The Labute approximate surface area is 104 Å². The number of nitrogens with one attached hydrogen (secondary N) is 1. The molecule has 0 aliphatic carbocycles. The first-order valence-corrected chi connectivity index (χ1v) is 6.54. The number of rotatable bonds is 7. The average Bonchev–Trinajstić information content (AvgIpc) is 2.79. The second kappa shape index (κ2) is 8.31. The summed E-state index contributed by atoms with van der Waals surface area (Å²) in [5.41, 5.74) is 5.80. The first kappa shape index (κ1) is 14.3. The van der Waals surface area contributed by atoms with E-state index < -0.39 is 0 Å². The largest absolute Gasteiger partial charge is 0.385 e. The van der Waals surface area contributed by atoms with Crippen LogP contribution in [0.15, 0.2) is 4.99 Å². The second-order valence-electron chi connectivity index (χ2n) is 4.42. The van der Waals surface area contributed by atoms with Gasteiger partial charge in [-0.25, -0.2) is 0 Å². The summed E-state index contributed by atoms with van der Waals surface area (Å²) in [6, 6.07) is 0.583. The van der Waals surface area contributed by atoms with Crippen LogP contribution in [0, 0.1) is 0 Å². The fraction of sp³-hybridized carbons (Fsp3) is 0.917. The van der Waals surface area contributed by atoms with Crippen molar-refractivity contribution in [2.75, 3.05) is 39.9 Å². The van der Waals surface area contributed by atoms with Gasteiger partial charge < -0.3 is 15.8 Å². The maximum absolute atomic E-state index is 5.80. The number of methoxy groups -OCH3 is 1. The molecule has 0 unspecified atom stereocenters. The molecular weight excluding hydrogens is 216 g/mol. The summed E-state index contributed by atoms with van der Waals surface area (Å²) in [4.78, 5) is 6.88. The molecule has 0 aromatic rings. The van der Waals surface area contributed by atoms with E-state index in [2.05, 4.69) is 22.1 Å². The van der Waals surface area contributed by atoms with E-state index in [4.69, 9.17) is 10.5 Å². The maximum Gasteiger partial charge on any atom is 0.188 e. The molecule has 0 aromatic heterocycles. The Hall–Kier alpha value is -0.810. The molecular formula is C12H26N4O. The van der Waals surface area contributed by atoms with Gasteiger partial charge in [-0.1, -0.05) is 6.92 Å². The van der Waals surface area contributed by atoms with E-state index in [1.807, 2.05) is 0 Å². The zero-order valence-corrected chi connectivity index (χ0v) is 11.1. The van der Waals surface area contributed by atoms with E-state index >= 15 is 0 Å². The normalized spacial score (nSPS) is 22.0. The molecule has 3 N–H and O–H groups in total. The van der Waals surface area contributed by atoms with Crippen LogP contribution in [0.25, 0.3) is 0 Å². The SMILES string of the molecule is CCN1CCC[C@@H]1CN=C(N)NCCCOC. The lowest BCUT2D eigenvalue weighted by Crippen LogP contribution is -2.36. The molecule has 1 atom stereocenters. The van der Waals surface area contributed by atoms with Crippen LogP contribution >= 0.6 is 0 Å². The van der Waals surface area contributed by atoms with Crippen molar-refractivity contribution in [1.82, 2.24) is 10.2 Å². The molecule has 0 amide bonds. The fourth-order valence-corrected chi connectivity index (χ4v) is 2.21. The van der Waals surface area contributed by atoms with Gasteiger partial charge in [0.05, 0.1) is 6.54 Å². The molecule has 1 aliphatic rings. The molecule has 1 saturated heterocycles. The molecule has 0 saturated carbocycles. The topological polar surface area (TPSA) is 62.9 Å². The van der Waals surface area contributed by atoms with E-state index in [9.17, 15) is 0 Å². The molecule has 0 bridgehead atoms. The number of likely N-dealkylation sites (tertiary alicyclic amines) is 1. The van der Waals surface area contributed by atoms with E-state index in [1.165, 1.54) is 19.4 Å². The highest BCUT2D eigenvalue weighted by Crippen LogP contribution is 2.16. The van der Waals surface area contributed by atoms with Crippen LogP contribution in [0.4, 0.5) is 0 Å². The number of guanidine groups is 1. The van der Waals surface area contributed by atoms with Gasteiger partial charge in [-0.05, 0) is 32.4 Å². The molecule has 5 heteroatoms. The van der Waals surface area contributed by atoms with Crippen LogP contribution in [0.2, 0.25) is 0 Å². The lowest BCUT2D eigenvalue weighted by molar-refractivity contribution is 0.195. The van der Waals surface area contributed by atoms with Gasteiger partial charge in [0.25, 0.3) is 0 Å². The summed E-state index contributed by atoms with van der Waals surface area (Å²) >= 11 is 0. The highest BCUT2D eigenvalue weighted by Gasteiger charge is 2.22. The number of nitrogens with zero attached hydrogens (tertiary/aromatic N) is 2. The van der Waals surface area contributed by atoms with Crippen LogP contribution in [-0.2, 0) is 4.74 Å². The third-order valence-electron chi connectivity index (χ3n) is 3.21. The first-order valence-electron chi connectivity index (χ1n) is 6.54. The van der Waals surface area contributed by atoms with E-state index in [-0.39, 0.29) is 0 Å². The van der Waals surface area contributed by atoms with Crippen molar-refractivity contribution in [1.29, 1.82) is 0 Å². The molecule has 0 spiro atoms. The Kier molecular flexibility index (Phi) is 6.96. The van der Waals surface area contributed by atoms with Crippen LogP contribution in [-0.4, -0.2) is 56.8 Å². The number of hydrogen-bond donors (Lipinski definition) is 2. The van der Waals surface area contributed by atoms with Crippen LogP contribution in [0.3, 0.4) is 0 Å². The minimum absolute atomic E-state index is 0.559. The van der Waals surface area contributed by atoms with Crippen molar-refractivity contribution >= 4 is 5.96 Å². The monoisotopic (exact) mass is 242 g/mol. The molecule has 1 aliphatic heterocycles. The Morgan fingerprint density at radius 3 is 3.12 bits per heavy atom. The summed E-state index contributed by atoms with van der Waals surface area (Å²) in [6.07, 6.45) is 3.49. The van der Waals surface area contributed by atoms with Crippen molar-refractivity contribution in [2.24, 2.45) is 10.7 Å². The van der Waals surface area contributed by atoms with Gasteiger partial charge in [-0.3, -0.25) is 9.89 Å². The number of aliphatic imine (C=N–C) groups is 1. The Balaban J connectivity index is 2.17. The van der Waals surface area contributed by atoms with Gasteiger partial charge in [0.1, 0.15) is 0 Å². The van der Waals surface area contributed by atoms with Gasteiger partial charge in [-0.15, -0.1) is 0 Å². The predicted molar refractivity (Wildman–Crippen MR) is 71.3 cm³/mol. The van der Waals surface area contributed by atoms with Gasteiger partial charge in [-0.2, -0.15) is 0 Å². The van der Waals surface area contributed by atoms with Gasteiger partial charge in [0.2, 0.25) is 0 Å². The highest BCUT2D eigenvalue weighted by atomic mass is 16.5. The highest BCUT2D eigenvalue weighted by molar-refractivity contribution is 5.77. The molecule has 0 aromatic carbocycles. The number of nitrogens with two attached hydrogens (primary N) is 1. The van der Waals surface area contributed by atoms with Crippen molar-refractivity contribution in [3.8, 4) is 0 Å². The third kappa shape index (κ3) is 5.37. The standard InChI is InChI=1S/C12H26N4O/c1-3-16-8-4-6-11(16)10-15-12(13)14-7-5-9-17-2/h11H,3-10H2,1-2H3,(H3,13,14,15)/t11-/m1/s1. The molecule has 17 heavy (non-hydrogen) atoms. The third-order valence-corrected chi connectivity index (χ3v) is 3.21. The summed E-state index contributed by atoms with van der Waals surface area (Å²) in [5.74, 6) is 0.559. The molecule has 1 heterocycles. The van der Waals surface area contributed by atoms with E-state index in [0.29, 0.717) is 12.0 Å². The summed E-state index contributed by atoms with van der Waals surface area (Å²) in [7, 11) is 1.71. The Morgan fingerprint density at radius 2 is 2.41 bits per heavy atom. The van der Waals surface area contributed by atoms with Gasteiger partial charge in [0.15, 0.2) is 5.96 Å². The summed E-state index contributed by atoms with van der Waals surface area (Å²) < 4.78 is 4.97. The number of hydrogen-bond acceptors (Lipinski definition) is 3. The van der Waals surface area contributed by atoms with Crippen molar-refractivity contribution in [2.45, 2.75) is 32.2 Å². The van der Waals surface area contributed by atoms with Crippen LogP contribution in [0.1, 0.15) is 26.2 Å². The maximum atomic E-state index is 5.80. The minimum atomic E-state index is 0.559. The fourth-order valence-electron chi connectivity index (χ4n) is 2.21.